The first kappa shape index (κ1) is 18.3. The normalized spacial score (nSPS) is 10.9. The molecule has 0 saturated carbocycles. The third kappa shape index (κ3) is 3.80. The summed E-state index contributed by atoms with van der Waals surface area (Å²) in [7, 11) is 0. The Kier molecular flexibility index (Phi) is 5.44. The molecule has 1 heterocycles. The lowest BCUT2D eigenvalue weighted by Crippen LogP contribution is -2.22. The van der Waals surface area contributed by atoms with Gasteiger partial charge >= 0.3 is 0 Å². The highest BCUT2D eigenvalue weighted by Crippen LogP contribution is 2.30. The Labute approximate surface area is 167 Å². The van der Waals surface area contributed by atoms with Crippen molar-refractivity contribution >= 4 is 22.7 Å². The maximum absolute atomic E-state index is 12.8. The van der Waals surface area contributed by atoms with E-state index in [0.29, 0.717) is 17.7 Å². The number of hydrogen-bond acceptors (Lipinski definition) is 4. The van der Waals surface area contributed by atoms with Crippen LogP contribution in [0.5, 0.6) is 11.5 Å². The molecule has 0 unspecified atom stereocenters. The van der Waals surface area contributed by atoms with Gasteiger partial charge in [-0.3, -0.25) is 9.36 Å². The molecule has 0 N–H and O–H groups in total. The monoisotopic (exact) mass is 388 g/mol. The van der Waals surface area contributed by atoms with Gasteiger partial charge in [0.05, 0.1) is 10.9 Å². The Hall–Kier alpha value is -3.05. The van der Waals surface area contributed by atoms with Crippen molar-refractivity contribution < 1.29 is 4.74 Å². The summed E-state index contributed by atoms with van der Waals surface area (Å²) < 4.78 is 7.78. The van der Waals surface area contributed by atoms with Gasteiger partial charge in [0.25, 0.3) is 5.56 Å². The number of hydrogen-bond donors (Lipinski definition) is 0. The van der Waals surface area contributed by atoms with E-state index in [1.807, 2.05) is 85.8 Å². The number of fused-ring (bicyclic) bond motifs is 1. The minimum Gasteiger partial charge on any atom is -0.457 e. The Bertz CT molecular complexity index is 1160. The van der Waals surface area contributed by atoms with E-state index < -0.39 is 0 Å². The van der Waals surface area contributed by atoms with Crippen LogP contribution in [0.3, 0.4) is 0 Å². The summed E-state index contributed by atoms with van der Waals surface area (Å²) in [6.45, 7) is 2.55. The van der Waals surface area contributed by atoms with Gasteiger partial charge in [0, 0.05) is 17.9 Å². The Morgan fingerprint density at radius 2 is 1.64 bits per heavy atom. The number of nitrogens with zero attached hydrogens (tertiary/aromatic N) is 2. The molecule has 0 bridgehead atoms. The van der Waals surface area contributed by atoms with Crippen molar-refractivity contribution in [3.63, 3.8) is 0 Å². The maximum atomic E-state index is 12.8. The zero-order valence-electron chi connectivity index (χ0n) is 15.5. The average molecular weight is 388 g/mol. The summed E-state index contributed by atoms with van der Waals surface area (Å²) in [6.07, 6.45) is 0. The van der Waals surface area contributed by atoms with Crippen LogP contribution in [-0.2, 0) is 12.3 Å². The van der Waals surface area contributed by atoms with Gasteiger partial charge in [0.2, 0.25) is 0 Å². The molecule has 0 spiro atoms. The van der Waals surface area contributed by atoms with Crippen LogP contribution in [0, 0.1) is 0 Å². The Balaban J connectivity index is 1.63. The molecule has 0 fully saturated rings. The fourth-order valence-corrected chi connectivity index (χ4v) is 4.07. The molecule has 4 aromatic rings. The summed E-state index contributed by atoms with van der Waals surface area (Å²) in [5.74, 6) is 2.27. The van der Waals surface area contributed by atoms with Crippen LogP contribution in [0.1, 0.15) is 12.5 Å². The Morgan fingerprint density at radius 3 is 2.46 bits per heavy atom. The lowest BCUT2D eigenvalue weighted by molar-refractivity contribution is 0.478. The molecule has 5 heteroatoms. The van der Waals surface area contributed by atoms with Crippen molar-refractivity contribution in [3.05, 3.63) is 94.8 Å². The van der Waals surface area contributed by atoms with E-state index in [1.54, 1.807) is 16.3 Å². The molecule has 1 aromatic heterocycles. The van der Waals surface area contributed by atoms with Gasteiger partial charge in [-0.25, -0.2) is 4.98 Å². The van der Waals surface area contributed by atoms with Gasteiger partial charge in [-0.05, 0) is 37.3 Å². The highest BCUT2D eigenvalue weighted by Gasteiger charge is 2.12. The SMILES string of the molecule is CCn1c(SCc2ccccc2Oc2ccccc2)nc2ccccc2c1=O. The first-order chi connectivity index (χ1) is 13.8. The largest absolute Gasteiger partial charge is 0.457 e. The molecule has 0 aliphatic heterocycles. The second kappa shape index (κ2) is 8.31. The maximum Gasteiger partial charge on any atom is 0.262 e. The fraction of sp³-hybridized carbons (Fsp3) is 0.130. The van der Waals surface area contributed by atoms with Crippen LogP contribution in [-0.4, -0.2) is 9.55 Å². The van der Waals surface area contributed by atoms with Crippen molar-refractivity contribution in [1.82, 2.24) is 9.55 Å². The summed E-state index contributed by atoms with van der Waals surface area (Å²) in [5.41, 5.74) is 1.79. The lowest BCUT2D eigenvalue weighted by Gasteiger charge is -2.13. The van der Waals surface area contributed by atoms with Crippen LogP contribution in [0.25, 0.3) is 10.9 Å². The van der Waals surface area contributed by atoms with E-state index in [2.05, 4.69) is 0 Å². The zero-order valence-corrected chi connectivity index (χ0v) is 16.4. The van der Waals surface area contributed by atoms with Crippen molar-refractivity contribution in [3.8, 4) is 11.5 Å². The van der Waals surface area contributed by atoms with Gasteiger partial charge in [-0.1, -0.05) is 60.3 Å². The molecule has 28 heavy (non-hydrogen) atoms. The molecule has 0 aliphatic rings. The molecule has 3 aromatic carbocycles. The van der Waals surface area contributed by atoms with E-state index in [0.717, 1.165) is 27.7 Å². The standard InChI is InChI=1S/C23H20N2O2S/c1-2-25-22(26)19-13-7-8-14-20(19)24-23(25)28-16-17-10-6-9-15-21(17)27-18-11-4-3-5-12-18/h3-15H,2,16H2,1H3. The summed E-state index contributed by atoms with van der Waals surface area (Å²) in [5, 5.41) is 1.38. The third-order valence-corrected chi connectivity index (χ3v) is 5.47. The first-order valence-corrected chi connectivity index (χ1v) is 10.2. The number of thioether (sulfide) groups is 1. The van der Waals surface area contributed by atoms with Gasteiger partial charge in [-0.15, -0.1) is 0 Å². The molecular formula is C23H20N2O2S. The smallest absolute Gasteiger partial charge is 0.262 e. The second-order valence-corrected chi connectivity index (χ2v) is 7.21. The molecular weight excluding hydrogens is 368 g/mol. The lowest BCUT2D eigenvalue weighted by atomic mass is 10.2. The van der Waals surface area contributed by atoms with Crippen LogP contribution >= 0.6 is 11.8 Å². The predicted octanol–water partition coefficient (Wildman–Crippen LogP) is 5.50. The minimum atomic E-state index is 0.00409. The van der Waals surface area contributed by atoms with Gasteiger partial charge in [0.15, 0.2) is 5.16 Å². The van der Waals surface area contributed by atoms with Crippen LogP contribution in [0.2, 0.25) is 0 Å². The van der Waals surface area contributed by atoms with Crippen LogP contribution in [0.15, 0.2) is 88.8 Å². The second-order valence-electron chi connectivity index (χ2n) is 6.27. The molecule has 140 valence electrons. The van der Waals surface area contributed by atoms with E-state index in [1.165, 1.54) is 0 Å². The summed E-state index contributed by atoms with van der Waals surface area (Å²) >= 11 is 1.55. The number of benzene rings is 3. The number of rotatable bonds is 6. The van der Waals surface area contributed by atoms with Gasteiger partial charge in [-0.2, -0.15) is 0 Å². The zero-order chi connectivity index (χ0) is 19.3. The fourth-order valence-electron chi connectivity index (χ4n) is 3.02. The molecule has 4 nitrogen and oxygen atoms in total. The highest BCUT2D eigenvalue weighted by molar-refractivity contribution is 7.98. The van der Waals surface area contributed by atoms with Crippen molar-refractivity contribution in [2.45, 2.75) is 24.4 Å². The van der Waals surface area contributed by atoms with Gasteiger partial charge in [0.1, 0.15) is 11.5 Å². The molecule has 0 amide bonds. The topological polar surface area (TPSA) is 44.1 Å². The molecule has 0 saturated heterocycles. The minimum absolute atomic E-state index is 0.00409. The van der Waals surface area contributed by atoms with Crippen molar-refractivity contribution in [2.75, 3.05) is 0 Å². The Morgan fingerprint density at radius 1 is 0.929 bits per heavy atom. The quantitative estimate of drug-likeness (QED) is 0.323. The molecule has 0 radical (unpaired) electrons. The van der Waals surface area contributed by atoms with Crippen molar-refractivity contribution in [2.24, 2.45) is 0 Å². The molecule has 0 aliphatic carbocycles. The van der Waals surface area contributed by atoms with Crippen molar-refractivity contribution in [1.29, 1.82) is 0 Å². The number of ether oxygens (including phenoxy) is 1. The third-order valence-electron chi connectivity index (χ3n) is 4.44. The van der Waals surface area contributed by atoms with E-state index in [9.17, 15) is 4.79 Å². The summed E-state index contributed by atoms with van der Waals surface area (Å²) in [4.78, 5) is 17.5. The van der Waals surface area contributed by atoms with Crippen LogP contribution < -0.4 is 10.3 Å². The number of para-hydroxylation sites is 3. The van der Waals surface area contributed by atoms with Crippen LogP contribution in [0.4, 0.5) is 0 Å². The first-order valence-electron chi connectivity index (χ1n) is 9.19. The molecule has 4 rings (SSSR count). The highest BCUT2D eigenvalue weighted by atomic mass is 32.2. The molecule has 0 atom stereocenters. The predicted molar refractivity (Wildman–Crippen MR) is 114 cm³/mol. The number of aromatic nitrogens is 2. The van der Waals surface area contributed by atoms with E-state index >= 15 is 0 Å². The average Bonchev–Trinajstić information content (AvgIpc) is 2.74. The van der Waals surface area contributed by atoms with E-state index in [-0.39, 0.29) is 5.56 Å². The summed E-state index contributed by atoms with van der Waals surface area (Å²) in [6, 6.07) is 25.2. The van der Waals surface area contributed by atoms with E-state index in [4.69, 9.17) is 9.72 Å². The van der Waals surface area contributed by atoms with Gasteiger partial charge < -0.3 is 4.74 Å².